The molecule has 1 aliphatic heterocycles. The average Bonchev–Trinajstić information content (AvgIpc) is 2.69. The van der Waals surface area contributed by atoms with E-state index in [1.54, 1.807) is 6.20 Å². The predicted molar refractivity (Wildman–Crippen MR) is 110 cm³/mol. The summed E-state index contributed by atoms with van der Waals surface area (Å²) in [6.07, 6.45) is 4.74. The Labute approximate surface area is 170 Å². The summed E-state index contributed by atoms with van der Waals surface area (Å²) in [4.78, 5) is 16.1. The van der Waals surface area contributed by atoms with Crippen molar-refractivity contribution in [3.05, 3.63) is 70.6 Å². The predicted octanol–water partition coefficient (Wildman–Crippen LogP) is 4.54. The van der Waals surface area contributed by atoms with Gasteiger partial charge in [-0.2, -0.15) is 0 Å². The Balaban J connectivity index is 1.49. The lowest BCUT2D eigenvalue weighted by molar-refractivity contribution is 0.211. The van der Waals surface area contributed by atoms with Gasteiger partial charge >= 0.3 is 0 Å². The van der Waals surface area contributed by atoms with Crippen molar-refractivity contribution >= 4 is 11.6 Å². The Morgan fingerprint density at radius 2 is 1.96 bits per heavy atom. The summed E-state index contributed by atoms with van der Waals surface area (Å²) >= 11 is 5.98. The van der Waals surface area contributed by atoms with Crippen molar-refractivity contribution in [2.45, 2.75) is 39.5 Å². The fraction of sp³-hybridized carbons (Fsp3) is 0.318. The number of hydrogen-bond acceptors (Lipinski definition) is 5. The molecular weight excluding hydrogens is 372 g/mol. The summed E-state index contributed by atoms with van der Waals surface area (Å²) in [5, 5.41) is 0.716. The molecule has 1 aliphatic rings. The van der Waals surface area contributed by atoms with Crippen LogP contribution in [-0.4, -0.2) is 32.5 Å². The second-order valence-electron chi connectivity index (χ2n) is 7.27. The monoisotopic (exact) mass is 394 g/mol. The second kappa shape index (κ2) is 8.25. The molecule has 144 valence electrons. The van der Waals surface area contributed by atoms with E-state index in [0.29, 0.717) is 5.02 Å². The van der Waals surface area contributed by atoms with Crippen LogP contribution in [-0.2, 0) is 19.5 Å². The van der Waals surface area contributed by atoms with Crippen LogP contribution in [0.1, 0.15) is 30.7 Å². The molecule has 3 aromatic rings. The highest BCUT2D eigenvalue weighted by Crippen LogP contribution is 2.25. The zero-order chi connectivity index (χ0) is 19.5. The third-order valence-corrected chi connectivity index (χ3v) is 4.96. The van der Waals surface area contributed by atoms with Crippen molar-refractivity contribution in [1.82, 2.24) is 19.9 Å². The minimum absolute atomic E-state index is 0.107. The van der Waals surface area contributed by atoms with Crippen molar-refractivity contribution in [3.63, 3.8) is 0 Å². The van der Waals surface area contributed by atoms with E-state index in [0.717, 1.165) is 54.6 Å². The van der Waals surface area contributed by atoms with Crippen LogP contribution in [0.15, 0.2) is 48.8 Å². The molecule has 0 bridgehead atoms. The lowest BCUT2D eigenvalue weighted by Gasteiger charge is -2.28. The van der Waals surface area contributed by atoms with Crippen molar-refractivity contribution in [1.29, 1.82) is 0 Å². The number of hydrogen-bond donors (Lipinski definition) is 0. The molecule has 6 heteroatoms. The van der Waals surface area contributed by atoms with Crippen molar-refractivity contribution in [2.75, 3.05) is 6.54 Å². The number of pyridine rings is 1. The summed E-state index contributed by atoms with van der Waals surface area (Å²) in [5.41, 5.74) is 4.40. The Kier molecular flexibility index (Phi) is 5.55. The van der Waals surface area contributed by atoms with Gasteiger partial charge in [-0.3, -0.25) is 4.90 Å². The van der Waals surface area contributed by atoms with Gasteiger partial charge < -0.3 is 4.74 Å². The highest BCUT2D eigenvalue weighted by Gasteiger charge is 2.20. The van der Waals surface area contributed by atoms with Gasteiger partial charge in [0.25, 0.3) is 0 Å². The first-order valence-corrected chi connectivity index (χ1v) is 9.90. The first-order valence-electron chi connectivity index (χ1n) is 9.52. The summed E-state index contributed by atoms with van der Waals surface area (Å²) in [7, 11) is 0. The molecule has 0 radical (unpaired) electrons. The quantitative estimate of drug-likeness (QED) is 0.636. The Morgan fingerprint density at radius 3 is 2.75 bits per heavy atom. The highest BCUT2D eigenvalue weighted by atomic mass is 35.5. The highest BCUT2D eigenvalue weighted by molar-refractivity contribution is 6.30. The maximum absolute atomic E-state index is 5.98. The van der Waals surface area contributed by atoms with E-state index in [1.807, 2.05) is 50.4 Å². The van der Waals surface area contributed by atoms with E-state index in [-0.39, 0.29) is 6.10 Å². The number of benzene rings is 1. The van der Waals surface area contributed by atoms with Crippen LogP contribution in [0.4, 0.5) is 0 Å². The zero-order valence-corrected chi connectivity index (χ0v) is 16.9. The van der Waals surface area contributed by atoms with Crippen molar-refractivity contribution in [3.8, 4) is 17.3 Å². The van der Waals surface area contributed by atoms with Gasteiger partial charge in [-0.05, 0) is 44.2 Å². The fourth-order valence-electron chi connectivity index (χ4n) is 3.36. The SMILES string of the molecule is CC(C)Oc1ncccc1CN1CCc2nc(-c3ccc(Cl)cc3)ncc2C1. The standard InChI is InChI=1S/C22H23ClN4O/c1-15(2)28-22-17(4-3-10-24-22)13-27-11-9-20-18(14-27)12-25-21(26-20)16-5-7-19(23)8-6-16/h3-8,10,12,15H,9,11,13-14H2,1-2H3. The Bertz CT molecular complexity index is 959. The van der Waals surface area contributed by atoms with Crippen molar-refractivity contribution in [2.24, 2.45) is 0 Å². The summed E-state index contributed by atoms with van der Waals surface area (Å²) in [6, 6.07) is 11.7. The van der Waals surface area contributed by atoms with E-state index >= 15 is 0 Å². The smallest absolute Gasteiger partial charge is 0.218 e. The van der Waals surface area contributed by atoms with Gasteiger partial charge in [-0.15, -0.1) is 0 Å². The van der Waals surface area contributed by atoms with E-state index < -0.39 is 0 Å². The molecular formula is C22H23ClN4O. The summed E-state index contributed by atoms with van der Waals surface area (Å²) in [6.45, 7) is 6.61. The topological polar surface area (TPSA) is 51.1 Å². The van der Waals surface area contributed by atoms with Crippen LogP contribution < -0.4 is 4.74 Å². The van der Waals surface area contributed by atoms with E-state index in [4.69, 9.17) is 21.3 Å². The van der Waals surface area contributed by atoms with E-state index in [9.17, 15) is 0 Å². The molecule has 0 spiro atoms. The maximum Gasteiger partial charge on any atom is 0.218 e. The average molecular weight is 395 g/mol. The number of aromatic nitrogens is 3. The first-order chi connectivity index (χ1) is 13.6. The van der Waals surface area contributed by atoms with Crippen LogP contribution >= 0.6 is 11.6 Å². The molecule has 0 saturated carbocycles. The number of rotatable bonds is 5. The lowest BCUT2D eigenvalue weighted by atomic mass is 10.1. The minimum atomic E-state index is 0.107. The zero-order valence-electron chi connectivity index (χ0n) is 16.1. The molecule has 0 amide bonds. The molecule has 1 aromatic carbocycles. The second-order valence-corrected chi connectivity index (χ2v) is 7.70. The molecule has 0 N–H and O–H groups in total. The molecule has 4 rings (SSSR count). The molecule has 0 unspecified atom stereocenters. The number of halogens is 1. The molecule has 5 nitrogen and oxygen atoms in total. The van der Waals surface area contributed by atoms with Crippen LogP contribution in [0.5, 0.6) is 5.88 Å². The molecule has 0 saturated heterocycles. The molecule has 0 fully saturated rings. The van der Waals surface area contributed by atoms with Crippen molar-refractivity contribution < 1.29 is 4.74 Å². The third-order valence-electron chi connectivity index (χ3n) is 4.71. The van der Waals surface area contributed by atoms with Crippen LogP contribution in [0.2, 0.25) is 5.02 Å². The largest absolute Gasteiger partial charge is 0.475 e. The molecule has 3 heterocycles. The van der Waals surface area contributed by atoms with Crippen LogP contribution in [0, 0.1) is 0 Å². The first kappa shape index (κ1) is 18.8. The number of nitrogens with zero attached hydrogens (tertiary/aromatic N) is 4. The molecule has 28 heavy (non-hydrogen) atoms. The Hall–Kier alpha value is -2.50. The third kappa shape index (κ3) is 4.32. The summed E-state index contributed by atoms with van der Waals surface area (Å²) < 4.78 is 5.86. The van der Waals surface area contributed by atoms with E-state index in [1.165, 1.54) is 5.56 Å². The van der Waals surface area contributed by atoms with Gasteiger partial charge in [0.1, 0.15) is 0 Å². The maximum atomic E-state index is 5.98. The summed E-state index contributed by atoms with van der Waals surface area (Å²) in [5.74, 6) is 1.47. The van der Waals surface area contributed by atoms with Gasteiger partial charge in [0, 0.05) is 60.2 Å². The Morgan fingerprint density at radius 1 is 1.14 bits per heavy atom. The molecule has 0 atom stereocenters. The van der Waals surface area contributed by atoms with Gasteiger partial charge in [-0.25, -0.2) is 15.0 Å². The lowest BCUT2D eigenvalue weighted by Crippen LogP contribution is -2.31. The van der Waals surface area contributed by atoms with Crippen LogP contribution in [0.25, 0.3) is 11.4 Å². The van der Waals surface area contributed by atoms with Crippen LogP contribution in [0.3, 0.4) is 0 Å². The number of fused-ring (bicyclic) bond motifs is 1. The van der Waals surface area contributed by atoms with E-state index in [2.05, 4.69) is 20.9 Å². The van der Waals surface area contributed by atoms with Gasteiger partial charge in [-0.1, -0.05) is 17.7 Å². The van der Waals surface area contributed by atoms with Gasteiger partial charge in [0.2, 0.25) is 5.88 Å². The number of ether oxygens (including phenoxy) is 1. The van der Waals surface area contributed by atoms with Gasteiger partial charge in [0.15, 0.2) is 5.82 Å². The molecule has 2 aromatic heterocycles. The van der Waals surface area contributed by atoms with Gasteiger partial charge in [0.05, 0.1) is 11.8 Å². The molecule has 0 aliphatic carbocycles. The fourth-order valence-corrected chi connectivity index (χ4v) is 3.49. The normalized spacial score (nSPS) is 14.1. The minimum Gasteiger partial charge on any atom is -0.475 e.